The summed E-state index contributed by atoms with van der Waals surface area (Å²) < 4.78 is 5.18. The zero-order valence-electron chi connectivity index (χ0n) is 8.65. The molecule has 2 aromatic rings. The van der Waals surface area contributed by atoms with Crippen molar-refractivity contribution in [1.82, 2.24) is 4.98 Å². The molecule has 0 unspecified atom stereocenters. The lowest BCUT2D eigenvalue weighted by Crippen LogP contribution is -1.83. The Morgan fingerprint density at radius 2 is 2.27 bits per heavy atom. The Kier molecular flexibility index (Phi) is 2.87. The Bertz CT molecular complexity index is 453. The van der Waals surface area contributed by atoms with Crippen molar-refractivity contribution >= 4 is 16.5 Å². The SMILES string of the molecule is CNc1ncc(-c2cccc(OC)c2)s1. The van der Waals surface area contributed by atoms with Crippen molar-refractivity contribution in [2.75, 3.05) is 19.5 Å². The van der Waals surface area contributed by atoms with Gasteiger partial charge in [0.1, 0.15) is 5.75 Å². The van der Waals surface area contributed by atoms with Gasteiger partial charge in [-0.2, -0.15) is 0 Å². The number of nitrogens with zero attached hydrogens (tertiary/aromatic N) is 1. The molecule has 0 aliphatic heterocycles. The standard InChI is InChI=1S/C11H12N2OS/c1-12-11-13-7-10(15-11)8-4-3-5-9(6-8)14-2/h3-7H,1-2H3,(H,12,13). The summed E-state index contributed by atoms with van der Waals surface area (Å²) in [5.74, 6) is 0.868. The molecule has 1 heterocycles. The molecule has 3 nitrogen and oxygen atoms in total. The van der Waals surface area contributed by atoms with Crippen LogP contribution < -0.4 is 10.1 Å². The van der Waals surface area contributed by atoms with E-state index in [9.17, 15) is 0 Å². The first-order valence-corrected chi connectivity index (χ1v) is 5.43. The van der Waals surface area contributed by atoms with Crippen LogP contribution in [0.1, 0.15) is 0 Å². The van der Waals surface area contributed by atoms with Crippen LogP contribution >= 0.6 is 11.3 Å². The Morgan fingerprint density at radius 1 is 1.40 bits per heavy atom. The van der Waals surface area contributed by atoms with Gasteiger partial charge in [-0.05, 0) is 17.7 Å². The molecule has 0 atom stereocenters. The Morgan fingerprint density at radius 3 is 2.93 bits per heavy atom. The average molecular weight is 220 g/mol. The second-order valence-corrected chi connectivity index (χ2v) is 4.04. The highest BCUT2D eigenvalue weighted by Crippen LogP contribution is 2.30. The van der Waals surface area contributed by atoms with Crippen molar-refractivity contribution in [2.24, 2.45) is 0 Å². The number of hydrogen-bond acceptors (Lipinski definition) is 4. The number of anilines is 1. The van der Waals surface area contributed by atoms with Crippen LogP contribution in [0.3, 0.4) is 0 Å². The third-order valence-electron chi connectivity index (χ3n) is 2.07. The Balaban J connectivity index is 2.35. The minimum Gasteiger partial charge on any atom is -0.497 e. The van der Waals surface area contributed by atoms with Gasteiger partial charge < -0.3 is 10.1 Å². The summed E-state index contributed by atoms with van der Waals surface area (Å²) in [6.45, 7) is 0. The van der Waals surface area contributed by atoms with E-state index in [2.05, 4.69) is 16.4 Å². The van der Waals surface area contributed by atoms with Gasteiger partial charge >= 0.3 is 0 Å². The van der Waals surface area contributed by atoms with Crippen LogP contribution in [0.25, 0.3) is 10.4 Å². The van der Waals surface area contributed by atoms with Crippen LogP contribution in [0.2, 0.25) is 0 Å². The van der Waals surface area contributed by atoms with E-state index >= 15 is 0 Å². The molecule has 0 radical (unpaired) electrons. The number of nitrogens with one attached hydrogen (secondary N) is 1. The highest BCUT2D eigenvalue weighted by Gasteiger charge is 2.03. The second-order valence-electron chi connectivity index (χ2n) is 3.01. The maximum Gasteiger partial charge on any atom is 0.182 e. The number of aromatic nitrogens is 1. The highest BCUT2D eigenvalue weighted by atomic mass is 32.1. The molecule has 15 heavy (non-hydrogen) atoms. The number of rotatable bonds is 3. The van der Waals surface area contributed by atoms with Gasteiger partial charge in [-0.3, -0.25) is 0 Å². The van der Waals surface area contributed by atoms with Crippen LogP contribution in [0.15, 0.2) is 30.5 Å². The number of methoxy groups -OCH3 is 1. The first-order chi connectivity index (χ1) is 7.33. The van der Waals surface area contributed by atoms with Gasteiger partial charge in [0.2, 0.25) is 0 Å². The predicted molar refractivity (Wildman–Crippen MR) is 63.6 cm³/mol. The summed E-state index contributed by atoms with van der Waals surface area (Å²) in [4.78, 5) is 5.37. The van der Waals surface area contributed by atoms with E-state index < -0.39 is 0 Å². The predicted octanol–water partition coefficient (Wildman–Crippen LogP) is 2.86. The Labute approximate surface area is 92.7 Å². The fourth-order valence-electron chi connectivity index (χ4n) is 1.30. The van der Waals surface area contributed by atoms with E-state index in [0.29, 0.717) is 0 Å². The molecule has 0 bridgehead atoms. The van der Waals surface area contributed by atoms with Crippen molar-refractivity contribution < 1.29 is 4.74 Å². The van der Waals surface area contributed by atoms with Gasteiger partial charge in [-0.25, -0.2) is 4.98 Å². The average Bonchev–Trinajstić information content (AvgIpc) is 2.78. The molecule has 0 aliphatic rings. The minimum absolute atomic E-state index is 0.868. The molecule has 2 rings (SSSR count). The van der Waals surface area contributed by atoms with Gasteiger partial charge in [0.15, 0.2) is 5.13 Å². The van der Waals surface area contributed by atoms with Crippen molar-refractivity contribution in [3.8, 4) is 16.2 Å². The molecule has 78 valence electrons. The normalized spacial score (nSPS) is 10.0. The molecule has 0 spiro atoms. The summed E-state index contributed by atoms with van der Waals surface area (Å²) in [5.41, 5.74) is 1.13. The van der Waals surface area contributed by atoms with Crippen LogP contribution in [0.4, 0.5) is 5.13 Å². The zero-order chi connectivity index (χ0) is 10.7. The molecule has 0 saturated heterocycles. The highest BCUT2D eigenvalue weighted by molar-refractivity contribution is 7.18. The summed E-state index contributed by atoms with van der Waals surface area (Å²) >= 11 is 1.63. The van der Waals surface area contributed by atoms with Crippen LogP contribution in [0, 0.1) is 0 Å². The van der Waals surface area contributed by atoms with Crippen molar-refractivity contribution in [3.63, 3.8) is 0 Å². The van der Waals surface area contributed by atoms with E-state index in [4.69, 9.17) is 4.74 Å². The van der Waals surface area contributed by atoms with E-state index in [0.717, 1.165) is 21.3 Å². The molecular weight excluding hydrogens is 208 g/mol. The third kappa shape index (κ3) is 2.10. The van der Waals surface area contributed by atoms with Gasteiger partial charge in [0.25, 0.3) is 0 Å². The van der Waals surface area contributed by atoms with Gasteiger partial charge in [0.05, 0.1) is 12.0 Å². The van der Waals surface area contributed by atoms with Gasteiger partial charge in [-0.1, -0.05) is 23.5 Å². The number of hydrogen-bond donors (Lipinski definition) is 1. The van der Waals surface area contributed by atoms with Crippen molar-refractivity contribution in [3.05, 3.63) is 30.5 Å². The van der Waals surface area contributed by atoms with Crippen molar-refractivity contribution in [1.29, 1.82) is 0 Å². The Hall–Kier alpha value is -1.55. The van der Waals surface area contributed by atoms with Gasteiger partial charge in [0, 0.05) is 13.2 Å². The van der Waals surface area contributed by atoms with E-state index in [1.54, 1.807) is 18.4 Å². The first-order valence-electron chi connectivity index (χ1n) is 4.61. The number of benzene rings is 1. The third-order valence-corrected chi connectivity index (χ3v) is 3.14. The first kappa shape index (κ1) is 9.98. The molecular formula is C11H12N2OS. The molecule has 0 fully saturated rings. The van der Waals surface area contributed by atoms with E-state index in [1.807, 2.05) is 31.4 Å². The summed E-state index contributed by atoms with van der Waals surface area (Å²) in [6.07, 6.45) is 1.87. The maximum atomic E-state index is 5.18. The van der Waals surface area contributed by atoms with Gasteiger partial charge in [-0.15, -0.1) is 0 Å². The number of ether oxygens (including phenoxy) is 1. The summed E-state index contributed by atoms with van der Waals surface area (Å²) in [6, 6.07) is 7.97. The molecule has 1 aromatic heterocycles. The van der Waals surface area contributed by atoms with Crippen LogP contribution in [0.5, 0.6) is 5.75 Å². The molecule has 1 aromatic carbocycles. The quantitative estimate of drug-likeness (QED) is 0.863. The summed E-state index contributed by atoms with van der Waals surface area (Å²) in [7, 11) is 3.54. The lowest BCUT2D eigenvalue weighted by molar-refractivity contribution is 0.415. The second kappa shape index (κ2) is 4.31. The van der Waals surface area contributed by atoms with Crippen LogP contribution in [-0.4, -0.2) is 19.1 Å². The lowest BCUT2D eigenvalue weighted by Gasteiger charge is -2.01. The fourth-order valence-corrected chi connectivity index (χ4v) is 2.07. The lowest BCUT2D eigenvalue weighted by atomic mass is 10.2. The van der Waals surface area contributed by atoms with E-state index in [-0.39, 0.29) is 0 Å². The topological polar surface area (TPSA) is 34.2 Å². The van der Waals surface area contributed by atoms with Crippen LogP contribution in [-0.2, 0) is 0 Å². The largest absolute Gasteiger partial charge is 0.497 e. The molecule has 0 saturated carbocycles. The van der Waals surface area contributed by atoms with E-state index in [1.165, 1.54) is 0 Å². The summed E-state index contributed by atoms with van der Waals surface area (Å²) in [5, 5.41) is 3.95. The monoisotopic (exact) mass is 220 g/mol. The zero-order valence-corrected chi connectivity index (χ0v) is 9.47. The molecule has 0 aliphatic carbocycles. The molecule has 0 amide bonds. The smallest absolute Gasteiger partial charge is 0.182 e. The number of thiazole rings is 1. The molecule has 1 N–H and O–H groups in total. The molecule has 4 heteroatoms. The maximum absolute atomic E-state index is 5.18. The minimum atomic E-state index is 0.868. The van der Waals surface area contributed by atoms with Crippen molar-refractivity contribution in [2.45, 2.75) is 0 Å². The fraction of sp³-hybridized carbons (Fsp3) is 0.182.